The van der Waals surface area contributed by atoms with Gasteiger partial charge in [-0.15, -0.1) is 0 Å². The molecule has 1 aromatic rings. The Labute approximate surface area is 154 Å². The SMILES string of the molecule is CC(C)(C)OC(=O)N1CCC2(C=C(O[SH](=O)=O)c3ccccc3O2)CC1. The number of amides is 1. The molecule has 0 bridgehead atoms. The average Bonchev–Trinajstić information content (AvgIpc) is 2.53. The highest BCUT2D eigenvalue weighted by molar-refractivity contribution is 7.67. The molecule has 1 amide bonds. The standard InChI is InChI=1S/C18H23NO6S/c1-17(2,3)24-16(20)19-10-8-18(9-11-19)12-15(25-26(21)22)13-6-4-5-7-14(13)23-18/h4-7,12,26H,8-11H2,1-3H3. The van der Waals surface area contributed by atoms with E-state index in [2.05, 4.69) is 0 Å². The van der Waals surface area contributed by atoms with E-state index in [0.717, 1.165) is 0 Å². The molecule has 1 fully saturated rings. The van der Waals surface area contributed by atoms with Crippen molar-refractivity contribution in [1.29, 1.82) is 0 Å². The summed E-state index contributed by atoms with van der Waals surface area (Å²) in [5.41, 5.74) is -0.646. The van der Waals surface area contributed by atoms with Crippen LogP contribution < -0.4 is 4.74 Å². The van der Waals surface area contributed by atoms with Gasteiger partial charge in [-0.2, -0.15) is 8.42 Å². The second-order valence-electron chi connectivity index (χ2n) is 7.45. The van der Waals surface area contributed by atoms with Crippen LogP contribution in [0.3, 0.4) is 0 Å². The number of piperidine rings is 1. The molecule has 1 saturated heterocycles. The van der Waals surface area contributed by atoms with Crippen LogP contribution in [0.25, 0.3) is 5.76 Å². The lowest BCUT2D eigenvalue weighted by molar-refractivity contribution is -0.00158. The van der Waals surface area contributed by atoms with E-state index in [-0.39, 0.29) is 11.9 Å². The van der Waals surface area contributed by atoms with Gasteiger partial charge in [-0.3, -0.25) is 0 Å². The van der Waals surface area contributed by atoms with Gasteiger partial charge >= 0.3 is 6.09 Å². The van der Waals surface area contributed by atoms with E-state index < -0.39 is 22.2 Å². The molecule has 0 aliphatic carbocycles. The topological polar surface area (TPSA) is 82.1 Å². The molecule has 2 aliphatic heterocycles. The Balaban J connectivity index is 1.79. The number of rotatable bonds is 2. The van der Waals surface area contributed by atoms with Crippen LogP contribution in [-0.4, -0.2) is 43.7 Å². The molecular weight excluding hydrogens is 358 g/mol. The van der Waals surface area contributed by atoms with Crippen LogP contribution in [0.15, 0.2) is 30.3 Å². The highest BCUT2D eigenvalue weighted by atomic mass is 32.2. The second-order valence-corrected chi connectivity index (χ2v) is 8.08. The summed E-state index contributed by atoms with van der Waals surface area (Å²) in [4.78, 5) is 13.9. The number of likely N-dealkylation sites (tertiary alicyclic amines) is 1. The Morgan fingerprint density at radius 1 is 1.19 bits per heavy atom. The molecule has 26 heavy (non-hydrogen) atoms. The minimum atomic E-state index is -3.03. The van der Waals surface area contributed by atoms with E-state index in [9.17, 15) is 13.2 Å². The molecule has 3 rings (SSSR count). The maximum Gasteiger partial charge on any atom is 0.410 e. The summed E-state index contributed by atoms with van der Waals surface area (Å²) < 4.78 is 38.8. The third kappa shape index (κ3) is 4.12. The summed E-state index contributed by atoms with van der Waals surface area (Å²) in [5.74, 6) is 0.848. The van der Waals surface area contributed by atoms with Crippen molar-refractivity contribution in [2.24, 2.45) is 0 Å². The van der Waals surface area contributed by atoms with Crippen molar-refractivity contribution in [3.8, 4) is 5.75 Å². The minimum Gasteiger partial charge on any atom is -0.482 e. The number of hydrogen-bond acceptors (Lipinski definition) is 6. The van der Waals surface area contributed by atoms with Crippen molar-refractivity contribution >= 4 is 22.8 Å². The van der Waals surface area contributed by atoms with Crippen molar-refractivity contribution in [3.05, 3.63) is 35.9 Å². The van der Waals surface area contributed by atoms with Gasteiger partial charge in [0.05, 0.1) is 5.56 Å². The predicted octanol–water partition coefficient (Wildman–Crippen LogP) is 2.73. The zero-order chi connectivity index (χ0) is 18.9. The van der Waals surface area contributed by atoms with Crippen molar-refractivity contribution in [1.82, 2.24) is 4.90 Å². The summed E-state index contributed by atoms with van der Waals surface area (Å²) in [5, 5.41) is 0. The number of thiol groups is 1. The Bertz CT molecular complexity index is 792. The van der Waals surface area contributed by atoms with Crippen molar-refractivity contribution in [2.75, 3.05) is 13.1 Å². The third-order valence-electron chi connectivity index (χ3n) is 4.29. The van der Waals surface area contributed by atoms with Crippen LogP contribution in [0, 0.1) is 0 Å². The van der Waals surface area contributed by atoms with Gasteiger partial charge in [0.25, 0.3) is 11.0 Å². The zero-order valence-corrected chi connectivity index (χ0v) is 16.0. The van der Waals surface area contributed by atoms with Gasteiger partial charge < -0.3 is 18.6 Å². The van der Waals surface area contributed by atoms with Gasteiger partial charge in [0, 0.05) is 32.0 Å². The van der Waals surface area contributed by atoms with Crippen LogP contribution in [0.2, 0.25) is 0 Å². The van der Waals surface area contributed by atoms with Crippen LogP contribution in [0.1, 0.15) is 39.2 Å². The Morgan fingerprint density at radius 2 is 1.85 bits per heavy atom. The van der Waals surface area contributed by atoms with E-state index in [1.165, 1.54) is 0 Å². The number of fused-ring (bicyclic) bond motifs is 1. The van der Waals surface area contributed by atoms with Crippen molar-refractivity contribution in [3.63, 3.8) is 0 Å². The molecule has 2 aliphatic rings. The third-order valence-corrected chi connectivity index (χ3v) is 4.64. The fourth-order valence-electron chi connectivity index (χ4n) is 3.12. The fraction of sp³-hybridized carbons (Fsp3) is 0.500. The first-order valence-corrected chi connectivity index (χ1v) is 9.59. The Kier molecular flexibility index (Phi) is 4.88. The predicted molar refractivity (Wildman–Crippen MR) is 96.2 cm³/mol. The summed E-state index contributed by atoms with van der Waals surface area (Å²) in [6.07, 6.45) is 2.39. The molecule has 1 aromatic carbocycles. The molecule has 0 unspecified atom stereocenters. The lowest BCUT2D eigenvalue weighted by Crippen LogP contribution is -2.50. The molecule has 0 N–H and O–H groups in total. The number of carbonyl (C=O) groups excluding carboxylic acids is 1. The first-order chi connectivity index (χ1) is 12.2. The zero-order valence-electron chi connectivity index (χ0n) is 15.1. The number of hydrogen-bond donors (Lipinski definition) is 1. The molecule has 2 heterocycles. The molecule has 0 radical (unpaired) electrons. The molecule has 142 valence electrons. The van der Waals surface area contributed by atoms with E-state index in [0.29, 0.717) is 37.2 Å². The van der Waals surface area contributed by atoms with E-state index in [1.54, 1.807) is 29.2 Å². The van der Waals surface area contributed by atoms with Gasteiger partial charge in [-0.25, -0.2) is 4.79 Å². The normalized spacial score (nSPS) is 18.8. The largest absolute Gasteiger partial charge is 0.482 e. The quantitative estimate of drug-likeness (QED) is 0.794. The molecule has 1 spiro atoms. The Morgan fingerprint density at radius 3 is 2.46 bits per heavy atom. The van der Waals surface area contributed by atoms with Gasteiger partial charge in [0.15, 0.2) is 5.76 Å². The van der Waals surface area contributed by atoms with E-state index in [1.807, 2.05) is 26.8 Å². The Hall–Kier alpha value is -2.22. The average molecular weight is 381 g/mol. The molecule has 0 saturated carbocycles. The van der Waals surface area contributed by atoms with Gasteiger partial charge in [-0.1, -0.05) is 12.1 Å². The number of benzene rings is 1. The first-order valence-electron chi connectivity index (χ1n) is 8.49. The number of para-hydroxylation sites is 1. The summed E-state index contributed by atoms with van der Waals surface area (Å²) in [6, 6.07) is 7.15. The van der Waals surface area contributed by atoms with Crippen LogP contribution in [0.4, 0.5) is 4.79 Å². The molecule has 8 heteroatoms. The molecule has 0 atom stereocenters. The summed E-state index contributed by atoms with van der Waals surface area (Å²) in [6.45, 7) is 6.38. The van der Waals surface area contributed by atoms with E-state index in [4.69, 9.17) is 13.7 Å². The monoisotopic (exact) mass is 381 g/mol. The number of ether oxygens (including phenoxy) is 2. The molecule has 0 aromatic heterocycles. The fourth-order valence-corrected chi connectivity index (χ4v) is 3.43. The molecule has 7 nitrogen and oxygen atoms in total. The molecular formula is C18H23NO6S. The highest BCUT2D eigenvalue weighted by Crippen LogP contribution is 2.41. The van der Waals surface area contributed by atoms with Gasteiger partial charge in [0.2, 0.25) is 0 Å². The van der Waals surface area contributed by atoms with E-state index >= 15 is 0 Å². The summed E-state index contributed by atoms with van der Waals surface area (Å²) in [7, 11) is -3.03. The smallest absolute Gasteiger partial charge is 0.410 e. The number of nitrogens with zero attached hydrogens (tertiary/aromatic N) is 1. The lowest BCUT2D eigenvalue weighted by Gasteiger charge is -2.42. The van der Waals surface area contributed by atoms with Gasteiger partial charge in [0.1, 0.15) is 17.0 Å². The van der Waals surface area contributed by atoms with Crippen LogP contribution in [0.5, 0.6) is 5.75 Å². The minimum absolute atomic E-state index is 0.272. The van der Waals surface area contributed by atoms with Gasteiger partial charge in [-0.05, 0) is 32.9 Å². The van der Waals surface area contributed by atoms with Crippen LogP contribution in [-0.2, 0) is 19.9 Å². The van der Waals surface area contributed by atoms with Crippen molar-refractivity contribution in [2.45, 2.75) is 44.8 Å². The maximum atomic E-state index is 12.2. The second kappa shape index (κ2) is 6.83. The summed E-state index contributed by atoms with van der Waals surface area (Å²) >= 11 is 0. The van der Waals surface area contributed by atoms with Crippen molar-refractivity contribution < 1.29 is 26.9 Å². The first kappa shape index (κ1) is 18.6. The highest BCUT2D eigenvalue weighted by Gasteiger charge is 2.41. The lowest BCUT2D eigenvalue weighted by atomic mass is 9.87. The van der Waals surface area contributed by atoms with Crippen LogP contribution >= 0.6 is 0 Å². The maximum absolute atomic E-state index is 12.2. The number of carbonyl (C=O) groups is 1.